The summed E-state index contributed by atoms with van der Waals surface area (Å²) in [5.41, 5.74) is 0. The smallest absolute Gasteiger partial charge is 0.320 e. The van der Waals surface area contributed by atoms with Crippen molar-refractivity contribution in [2.75, 3.05) is 52.5 Å². The number of hydrogen-bond acceptors (Lipinski definition) is 5. The topological polar surface area (TPSA) is 83.8 Å². The molecule has 1 aromatic rings. The van der Waals surface area contributed by atoms with Crippen molar-refractivity contribution in [3.05, 3.63) is 12.7 Å². The van der Waals surface area contributed by atoms with Gasteiger partial charge in [0.05, 0.1) is 19.8 Å². The van der Waals surface area contributed by atoms with Gasteiger partial charge in [-0.15, -0.1) is 0 Å². The van der Waals surface area contributed by atoms with E-state index < -0.39 is 0 Å². The van der Waals surface area contributed by atoms with Crippen LogP contribution in [-0.4, -0.2) is 93.9 Å². The molecule has 1 aromatic heterocycles. The molecule has 0 N–H and O–H groups in total. The highest BCUT2D eigenvalue weighted by atomic mass is 16.5. The zero-order valence-corrected chi connectivity index (χ0v) is 13.1. The molecule has 0 aliphatic carbocycles. The molecule has 126 valence electrons. The third-order valence-electron chi connectivity index (χ3n) is 4.21. The van der Waals surface area contributed by atoms with E-state index in [0.717, 1.165) is 0 Å². The van der Waals surface area contributed by atoms with Crippen LogP contribution in [0.25, 0.3) is 0 Å². The minimum absolute atomic E-state index is 0.0583. The third kappa shape index (κ3) is 3.98. The Morgan fingerprint density at radius 1 is 0.957 bits per heavy atom. The zero-order valence-electron chi connectivity index (χ0n) is 13.1. The van der Waals surface area contributed by atoms with Crippen LogP contribution in [0.4, 0.5) is 4.79 Å². The molecule has 0 bridgehead atoms. The number of carbonyl (C=O) groups excluding carboxylic acids is 2. The van der Waals surface area contributed by atoms with Gasteiger partial charge in [0.25, 0.3) is 0 Å². The van der Waals surface area contributed by atoms with Crippen LogP contribution in [0.1, 0.15) is 6.42 Å². The van der Waals surface area contributed by atoms with Crippen molar-refractivity contribution >= 4 is 11.9 Å². The lowest BCUT2D eigenvalue weighted by atomic mass is 10.2. The van der Waals surface area contributed by atoms with Gasteiger partial charge in [-0.2, -0.15) is 5.10 Å². The number of carbonyl (C=O) groups is 2. The second kappa shape index (κ2) is 7.40. The fourth-order valence-electron chi connectivity index (χ4n) is 2.82. The number of urea groups is 1. The first kappa shape index (κ1) is 15.7. The SMILES string of the molecule is O=C(CCn1cncn1)N1CCN(C(=O)N2CCOCC2)CC1. The lowest BCUT2D eigenvalue weighted by molar-refractivity contribution is -0.133. The number of piperazine rings is 1. The highest BCUT2D eigenvalue weighted by Crippen LogP contribution is 2.09. The molecule has 2 fully saturated rings. The summed E-state index contributed by atoms with van der Waals surface area (Å²) in [6, 6.07) is 0.0583. The predicted molar refractivity (Wildman–Crippen MR) is 80.6 cm³/mol. The van der Waals surface area contributed by atoms with E-state index in [9.17, 15) is 9.59 Å². The summed E-state index contributed by atoms with van der Waals surface area (Å²) in [5, 5.41) is 3.99. The zero-order chi connectivity index (χ0) is 16.1. The summed E-state index contributed by atoms with van der Waals surface area (Å²) in [7, 11) is 0. The lowest BCUT2D eigenvalue weighted by Crippen LogP contribution is -2.55. The molecule has 2 saturated heterocycles. The lowest BCUT2D eigenvalue weighted by Gasteiger charge is -2.38. The molecule has 9 nitrogen and oxygen atoms in total. The highest BCUT2D eigenvalue weighted by Gasteiger charge is 2.27. The molecular formula is C14H22N6O3. The number of amides is 3. The summed E-state index contributed by atoms with van der Waals surface area (Å²) in [6.45, 7) is 5.39. The summed E-state index contributed by atoms with van der Waals surface area (Å²) in [4.78, 5) is 33.9. The molecule has 3 rings (SSSR count). The molecule has 0 atom stereocenters. The number of nitrogens with zero attached hydrogens (tertiary/aromatic N) is 6. The maximum Gasteiger partial charge on any atom is 0.320 e. The maximum absolute atomic E-state index is 12.4. The van der Waals surface area contributed by atoms with Crippen molar-refractivity contribution in [3.8, 4) is 0 Å². The minimum atomic E-state index is 0.0583. The van der Waals surface area contributed by atoms with Crippen molar-refractivity contribution in [2.24, 2.45) is 0 Å². The Labute approximate surface area is 134 Å². The Morgan fingerprint density at radius 3 is 2.26 bits per heavy atom. The van der Waals surface area contributed by atoms with Crippen molar-refractivity contribution in [1.82, 2.24) is 29.5 Å². The van der Waals surface area contributed by atoms with Gasteiger partial charge in [-0.1, -0.05) is 0 Å². The second-order valence-electron chi connectivity index (χ2n) is 5.66. The first-order valence-electron chi connectivity index (χ1n) is 7.96. The van der Waals surface area contributed by atoms with Crippen LogP contribution in [0.2, 0.25) is 0 Å². The van der Waals surface area contributed by atoms with Crippen molar-refractivity contribution in [1.29, 1.82) is 0 Å². The van der Waals surface area contributed by atoms with E-state index in [4.69, 9.17) is 4.74 Å². The van der Waals surface area contributed by atoms with Gasteiger partial charge in [0.1, 0.15) is 12.7 Å². The molecule has 0 spiro atoms. The molecule has 9 heteroatoms. The van der Waals surface area contributed by atoms with Crippen LogP contribution >= 0.6 is 0 Å². The Bertz CT molecular complexity index is 521. The fraction of sp³-hybridized carbons (Fsp3) is 0.714. The van der Waals surface area contributed by atoms with Crippen molar-refractivity contribution < 1.29 is 14.3 Å². The Morgan fingerprint density at radius 2 is 1.61 bits per heavy atom. The molecule has 2 aliphatic rings. The molecule has 3 heterocycles. The summed E-state index contributed by atoms with van der Waals surface area (Å²) < 4.78 is 6.92. The van der Waals surface area contributed by atoms with Crippen LogP contribution in [0.3, 0.4) is 0 Å². The van der Waals surface area contributed by atoms with Gasteiger partial charge in [-0.25, -0.2) is 9.78 Å². The van der Waals surface area contributed by atoms with Gasteiger partial charge in [-0.3, -0.25) is 9.48 Å². The second-order valence-corrected chi connectivity index (χ2v) is 5.66. The summed E-state index contributed by atoms with van der Waals surface area (Å²) in [6.07, 6.45) is 3.47. The minimum Gasteiger partial charge on any atom is -0.378 e. The van der Waals surface area contributed by atoms with Gasteiger partial charge < -0.3 is 19.4 Å². The van der Waals surface area contributed by atoms with Crippen molar-refractivity contribution in [3.63, 3.8) is 0 Å². The van der Waals surface area contributed by atoms with E-state index in [-0.39, 0.29) is 11.9 Å². The predicted octanol–water partition coefficient (Wildman–Crippen LogP) is -0.735. The average Bonchev–Trinajstić information content (AvgIpc) is 3.13. The summed E-state index contributed by atoms with van der Waals surface area (Å²) >= 11 is 0. The number of aromatic nitrogens is 3. The largest absolute Gasteiger partial charge is 0.378 e. The molecule has 2 aliphatic heterocycles. The Kier molecular flexibility index (Phi) is 5.06. The van der Waals surface area contributed by atoms with Gasteiger partial charge in [0.15, 0.2) is 0 Å². The maximum atomic E-state index is 12.4. The standard InChI is InChI=1S/C14H22N6O3/c21-13(1-2-20-12-15-11-16-20)17-3-5-18(6-4-17)14(22)19-7-9-23-10-8-19/h11-12H,1-10H2. The molecule has 3 amide bonds. The number of aryl methyl sites for hydroxylation is 1. The van der Waals surface area contributed by atoms with Gasteiger partial charge in [0, 0.05) is 45.7 Å². The average molecular weight is 322 g/mol. The third-order valence-corrected chi connectivity index (χ3v) is 4.21. The van der Waals surface area contributed by atoms with Crippen LogP contribution in [-0.2, 0) is 16.1 Å². The Balaban J connectivity index is 1.42. The number of ether oxygens (including phenoxy) is 1. The molecular weight excluding hydrogens is 300 g/mol. The van der Waals surface area contributed by atoms with E-state index in [1.54, 1.807) is 11.0 Å². The normalized spacial score (nSPS) is 19.0. The summed E-state index contributed by atoms with van der Waals surface area (Å²) in [5.74, 6) is 0.0963. The van der Waals surface area contributed by atoms with Crippen LogP contribution in [0.15, 0.2) is 12.7 Å². The fourth-order valence-corrected chi connectivity index (χ4v) is 2.82. The van der Waals surface area contributed by atoms with E-state index in [1.165, 1.54) is 6.33 Å². The molecule has 0 unspecified atom stereocenters. The monoisotopic (exact) mass is 322 g/mol. The van der Waals surface area contributed by atoms with E-state index >= 15 is 0 Å². The van der Waals surface area contributed by atoms with E-state index in [0.29, 0.717) is 65.4 Å². The number of morpholine rings is 1. The van der Waals surface area contributed by atoms with E-state index in [1.807, 2.05) is 14.7 Å². The highest BCUT2D eigenvalue weighted by molar-refractivity contribution is 5.77. The number of rotatable bonds is 3. The van der Waals surface area contributed by atoms with Crippen LogP contribution in [0, 0.1) is 0 Å². The number of hydrogen-bond donors (Lipinski definition) is 0. The molecule has 0 aromatic carbocycles. The van der Waals surface area contributed by atoms with Crippen LogP contribution < -0.4 is 0 Å². The van der Waals surface area contributed by atoms with Gasteiger partial charge in [-0.05, 0) is 0 Å². The van der Waals surface area contributed by atoms with Crippen molar-refractivity contribution in [2.45, 2.75) is 13.0 Å². The van der Waals surface area contributed by atoms with Gasteiger partial charge >= 0.3 is 6.03 Å². The first-order chi connectivity index (χ1) is 11.2. The first-order valence-corrected chi connectivity index (χ1v) is 7.96. The van der Waals surface area contributed by atoms with Gasteiger partial charge in [0.2, 0.25) is 5.91 Å². The van der Waals surface area contributed by atoms with Crippen LogP contribution in [0.5, 0.6) is 0 Å². The van der Waals surface area contributed by atoms with E-state index in [2.05, 4.69) is 10.1 Å². The quantitative estimate of drug-likeness (QED) is 0.732. The Hall–Kier alpha value is -2.16. The molecule has 23 heavy (non-hydrogen) atoms. The molecule has 0 radical (unpaired) electrons. The molecule has 0 saturated carbocycles.